The molecule has 2 aliphatic carbocycles. The SMILES string of the molecule is C#CCCC(=O)Cl.C#CCCC(=O)Nc1cccc2nc(C)n(C3CCC(=O)CC3=O)c(=O)c12.C1CCOC1.Cc1nc2cccc(N)c2c(=O)n1C1CCC(=O)CC1=O. The lowest BCUT2D eigenvalue weighted by atomic mass is 9.92. The normalized spacial score (nSPS) is 17.2. The molecule has 3 heterocycles. The molecule has 2 aromatic heterocycles. The molecule has 1 amide bonds. The van der Waals surface area contributed by atoms with Gasteiger partial charge in [0.15, 0.2) is 11.6 Å². The predicted octanol–water partition coefficient (Wildman–Crippen LogP) is 5.03. The number of amides is 1. The topological polar surface area (TPSA) is 219 Å². The number of Topliss-reactive ketones (excluding diaryl/α,β-unsaturated/α-hetero) is 4. The number of rotatable bonds is 7. The van der Waals surface area contributed by atoms with E-state index in [0.29, 0.717) is 65.1 Å². The Kier molecular flexibility index (Phi) is 17.2. The zero-order valence-electron chi connectivity index (χ0n) is 33.6. The molecule has 16 heteroatoms. The Hall–Kier alpha value is -6.29. The highest BCUT2D eigenvalue weighted by Crippen LogP contribution is 2.27. The van der Waals surface area contributed by atoms with Crippen LogP contribution in [0.3, 0.4) is 0 Å². The second kappa shape index (κ2) is 22.2. The zero-order chi connectivity index (χ0) is 43.9. The highest BCUT2D eigenvalue weighted by atomic mass is 35.5. The van der Waals surface area contributed by atoms with Gasteiger partial charge in [-0.2, -0.15) is 0 Å². The summed E-state index contributed by atoms with van der Waals surface area (Å²) in [5.41, 5.74) is 6.78. The molecule has 1 saturated heterocycles. The fourth-order valence-electron chi connectivity index (χ4n) is 6.92. The van der Waals surface area contributed by atoms with Crippen molar-refractivity contribution >= 4 is 79.1 Å². The second-order valence-corrected chi connectivity index (χ2v) is 14.6. The molecule has 2 atom stereocenters. The minimum Gasteiger partial charge on any atom is -0.398 e. The third kappa shape index (κ3) is 12.1. The first kappa shape index (κ1) is 46.4. The number of carbonyl (C=O) groups excluding carboxylic acids is 6. The molecular weight excluding hydrogens is 792 g/mol. The maximum Gasteiger partial charge on any atom is 0.264 e. The van der Waals surface area contributed by atoms with Crippen LogP contribution in [-0.4, -0.2) is 66.6 Å². The highest BCUT2D eigenvalue weighted by molar-refractivity contribution is 6.63. The van der Waals surface area contributed by atoms with Crippen LogP contribution >= 0.6 is 11.6 Å². The van der Waals surface area contributed by atoms with Crippen molar-refractivity contribution in [2.24, 2.45) is 0 Å². The zero-order valence-corrected chi connectivity index (χ0v) is 34.3. The Morgan fingerprint density at radius 3 is 1.72 bits per heavy atom. The van der Waals surface area contributed by atoms with Gasteiger partial charge in [-0.05, 0) is 75.4 Å². The number of hydrogen-bond donors (Lipinski definition) is 2. The van der Waals surface area contributed by atoms with Crippen molar-refractivity contribution in [1.29, 1.82) is 0 Å². The number of fused-ring (bicyclic) bond motifs is 2. The predicted molar refractivity (Wildman–Crippen MR) is 227 cm³/mol. The van der Waals surface area contributed by atoms with E-state index < -0.39 is 17.6 Å². The van der Waals surface area contributed by atoms with E-state index in [1.807, 2.05) is 0 Å². The molecule has 2 aromatic carbocycles. The van der Waals surface area contributed by atoms with Gasteiger partial charge in [0.25, 0.3) is 11.1 Å². The maximum atomic E-state index is 13.2. The van der Waals surface area contributed by atoms with Crippen molar-refractivity contribution in [3.05, 3.63) is 68.8 Å². The van der Waals surface area contributed by atoms with Gasteiger partial charge in [0.2, 0.25) is 11.1 Å². The summed E-state index contributed by atoms with van der Waals surface area (Å²) < 4.78 is 7.67. The number of benzene rings is 2. The van der Waals surface area contributed by atoms with Gasteiger partial charge >= 0.3 is 0 Å². The van der Waals surface area contributed by atoms with Crippen molar-refractivity contribution in [3.63, 3.8) is 0 Å². The number of halogens is 1. The number of nitrogen functional groups attached to an aromatic ring is 1. The summed E-state index contributed by atoms with van der Waals surface area (Å²) in [5, 5.41) is 2.90. The van der Waals surface area contributed by atoms with Gasteiger partial charge in [-0.3, -0.25) is 47.5 Å². The smallest absolute Gasteiger partial charge is 0.264 e. The van der Waals surface area contributed by atoms with Crippen LogP contribution in [0.2, 0.25) is 0 Å². The number of ether oxygens (including phenoxy) is 1. The quantitative estimate of drug-likeness (QED) is 0.108. The van der Waals surface area contributed by atoms with Gasteiger partial charge in [-0.15, -0.1) is 24.7 Å². The lowest BCUT2D eigenvalue weighted by Gasteiger charge is -2.24. The fraction of sp³-hybridized carbons (Fsp3) is 0.409. The van der Waals surface area contributed by atoms with Crippen molar-refractivity contribution < 1.29 is 33.5 Å². The molecule has 3 aliphatic rings. The third-order valence-electron chi connectivity index (χ3n) is 9.81. The van der Waals surface area contributed by atoms with E-state index in [-0.39, 0.29) is 83.8 Å². The van der Waals surface area contributed by atoms with Crippen LogP contribution in [0.25, 0.3) is 21.8 Å². The molecule has 15 nitrogen and oxygen atoms in total. The van der Waals surface area contributed by atoms with Crippen molar-refractivity contribution in [3.8, 4) is 24.7 Å². The summed E-state index contributed by atoms with van der Waals surface area (Å²) >= 11 is 4.92. The summed E-state index contributed by atoms with van der Waals surface area (Å²) in [4.78, 5) is 104. The number of nitrogens with one attached hydrogen (secondary N) is 1. The number of terminal acetylenes is 2. The molecule has 0 spiro atoms. The Morgan fingerprint density at radius 1 is 0.783 bits per heavy atom. The summed E-state index contributed by atoms with van der Waals surface area (Å²) in [6, 6.07) is 8.75. The van der Waals surface area contributed by atoms with E-state index in [9.17, 15) is 38.4 Å². The molecule has 3 N–H and O–H groups in total. The maximum absolute atomic E-state index is 13.2. The first-order valence-corrected chi connectivity index (χ1v) is 19.9. The number of aromatic nitrogens is 4. The van der Waals surface area contributed by atoms with Crippen LogP contribution in [0.1, 0.15) is 101 Å². The van der Waals surface area contributed by atoms with E-state index in [2.05, 4.69) is 27.1 Å². The Bertz CT molecular complexity index is 2500. The van der Waals surface area contributed by atoms with Crippen molar-refractivity contribution in [1.82, 2.24) is 19.1 Å². The molecule has 0 radical (unpaired) electrons. The Labute approximate surface area is 351 Å². The molecule has 3 fully saturated rings. The molecule has 2 saturated carbocycles. The van der Waals surface area contributed by atoms with Crippen LogP contribution in [0.4, 0.5) is 11.4 Å². The number of anilines is 2. The van der Waals surface area contributed by atoms with Gasteiger partial charge in [-0.25, -0.2) is 9.97 Å². The number of aryl methyl sites for hydroxylation is 2. The van der Waals surface area contributed by atoms with Gasteiger partial charge in [0.05, 0.1) is 52.4 Å². The van der Waals surface area contributed by atoms with Gasteiger partial charge in [-0.1, -0.05) is 12.1 Å². The number of hydrogen-bond acceptors (Lipinski definition) is 12. The Balaban J connectivity index is 0.000000211. The van der Waals surface area contributed by atoms with Gasteiger partial charge in [0.1, 0.15) is 23.2 Å². The molecule has 314 valence electrons. The standard InChI is InChI=1S/C20H19N3O4.C15H15N3O3.C5H5ClO.C4H8O/c1-3-4-8-18(26)22-15-7-5-6-14-19(15)20(27)23(12(2)21-14)16-10-9-13(24)11-17(16)25;1-8-17-11-4-2-3-10(16)14(11)15(21)18(8)12-6-5-9(19)7-13(12)20;1-2-3-4-5(6)7;1-2-4-5-3-1/h1,5-7,16H,4,8-11H2,2H3,(H,22,26);2-4,12H,5-7,16H2,1H3;1H,3-4H2;1-4H2. The monoisotopic (exact) mass is 838 g/mol. The minimum atomic E-state index is -0.711. The van der Waals surface area contributed by atoms with Crippen molar-refractivity contribution in [2.75, 3.05) is 24.3 Å². The van der Waals surface area contributed by atoms with E-state index in [4.69, 9.17) is 34.9 Å². The summed E-state index contributed by atoms with van der Waals surface area (Å²) in [5.74, 6) is 4.55. The summed E-state index contributed by atoms with van der Waals surface area (Å²) in [6.07, 6.45) is 14.6. The first-order valence-electron chi connectivity index (χ1n) is 19.5. The van der Waals surface area contributed by atoms with Crippen molar-refractivity contribution in [2.45, 2.75) is 103 Å². The molecule has 4 aromatic rings. The lowest BCUT2D eigenvalue weighted by molar-refractivity contribution is -0.133. The number of ketones is 4. The van der Waals surface area contributed by atoms with E-state index in [1.54, 1.807) is 50.2 Å². The van der Waals surface area contributed by atoms with Crippen LogP contribution in [0.15, 0.2) is 46.0 Å². The molecule has 1 aliphatic heterocycles. The highest BCUT2D eigenvalue weighted by Gasteiger charge is 2.32. The fourth-order valence-corrected chi connectivity index (χ4v) is 7.01. The number of carbonyl (C=O) groups is 6. The van der Waals surface area contributed by atoms with Gasteiger partial charge in [0, 0.05) is 57.4 Å². The number of nitrogens with zero attached hydrogens (tertiary/aromatic N) is 4. The average molecular weight is 839 g/mol. The average Bonchev–Trinajstić information content (AvgIpc) is 3.79. The van der Waals surface area contributed by atoms with Crippen LogP contribution < -0.4 is 22.2 Å². The van der Waals surface area contributed by atoms with E-state index in [1.165, 1.54) is 22.0 Å². The molecular formula is C44H47ClN6O9. The molecule has 7 rings (SSSR count). The van der Waals surface area contributed by atoms with Crippen LogP contribution in [0.5, 0.6) is 0 Å². The van der Waals surface area contributed by atoms with Gasteiger partial charge < -0.3 is 15.8 Å². The van der Waals surface area contributed by atoms with Crippen LogP contribution in [0, 0.1) is 38.5 Å². The second-order valence-electron chi connectivity index (χ2n) is 14.2. The molecule has 0 bridgehead atoms. The van der Waals surface area contributed by atoms with E-state index in [0.717, 1.165) is 13.2 Å². The first-order chi connectivity index (χ1) is 28.7. The minimum absolute atomic E-state index is 0.0739. The number of nitrogens with two attached hydrogens (primary N) is 1. The van der Waals surface area contributed by atoms with Crippen LogP contribution in [-0.2, 0) is 33.5 Å². The largest absolute Gasteiger partial charge is 0.398 e. The Morgan fingerprint density at radius 2 is 1.27 bits per heavy atom. The summed E-state index contributed by atoms with van der Waals surface area (Å²) in [6.45, 7) is 5.34. The van der Waals surface area contributed by atoms with E-state index >= 15 is 0 Å². The molecule has 2 unspecified atom stereocenters. The summed E-state index contributed by atoms with van der Waals surface area (Å²) in [7, 11) is 0. The lowest BCUT2D eigenvalue weighted by Crippen LogP contribution is -2.36. The third-order valence-corrected chi connectivity index (χ3v) is 10.00. The molecule has 60 heavy (non-hydrogen) atoms.